The molecule has 3 N–H and O–H groups in total. The number of anilines is 2. The molecule has 2 unspecified atom stereocenters. The molecule has 1 aliphatic heterocycles. The van der Waals surface area contributed by atoms with Gasteiger partial charge in [-0.2, -0.15) is 0 Å². The van der Waals surface area contributed by atoms with Gasteiger partial charge in [-0.05, 0) is 83.0 Å². The Morgan fingerprint density at radius 3 is 2.35 bits per heavy atom. The Balaban J connectivity index is 1.02. The molecular weight excluding hydrogens is 677 g/mol. The van der Waals surface area contributed by atoms with Crippen molar-refractivity contribution in [3.05, 3.63) is 187 Å². The van der Waals surface area contributed by atoms with Gasteiger partial charge in [-0.25, -0.2) is 9.97 Å². The monoisotopic (exact) mass is 715 g/mol. The van der Waals surface area contributed by atoms with Crippen molar-refractivity contribution >= 4 is 55.9 Å². The fourth-order valence-corrected chi connectivity index (χ4v) is 9.22. The van der Waals surface area contributed by atoms with Gasteiger partial charge in [-0.1, -0.05) is 145 Å². The van der Waals surface area contributed by atoms with Crippen LogP contribution in [0.4, 0.5) is 17.1 Å². The molecule has 7 aromatic rings. The van der Waals surface area contributed by atoms with Crippen molar-refractivity contribution in [3.8, 4) is 22.6 Å². The summed E-state index contributed by atoms with van der Waals surface area (Å²) < 4.78 is 0. The largest absolute Gasteiger partial charge is 0.355 e. The van der Waals surface area contributed by atoms with Crippen molar-refractivity contribution in [1.29, 1.82) is 0 Å². The van der Waals surface area contributed by atoms with Crippen LogP contribution < -0.4 is 10.6 Å². The summed E-state index contributed by atoms with van der Waals surface area (Å²) in [7, 11) is 0. The number of allylic oxidation sites excluding steroid dienone is 8. The first-order chi connectivity index (χ1) is 26.7. The average Bonchev–Trinajstić information content (AvgIpc) is 3.69. The Kier molecular flexibility index (Phi) is 8.51. The van der Waals surface area contributed by atoms with Gasteiger partial charge in [0, 0.05) is 34.0 Å². The molecule has 3 aliphatic rings. The highest BCUT2D eigenvalue weighted by Gasteiger charge is 2.31. The summed E-state index contributed by atoms with van der Waals surface area (Å²) in [5.41, 5.74) is 11.4. The molecule has 0 saturated heterocycles. The van der Waals surface area contributed by atoms with Crippen molar-refractivity contribution in [1.82, 2.24) is 9.97 Å². The van der Waals surface area contributed by atoms with E-state index in [9.17, 15) is 0 Å². The van der Waals surface area contributed by atoms with Crippen molar-refractivity contribution in [2.24, 2.45) is 0 Å². The lowest BCUT2D eigenvalue weighted by molar-refractivity contribution is -0.588. The minimum atomic E-state index is 0.211. The predicted octanol–water partition coefficient (Wildman–Crippen LogP) is 12.2. The van der Waals surface area contributed by atoms with Gasteiger partial charge in [0.05, 0.1) is 21.7 Å². The van der Waals surface area contributed by atoms with Gasteiger partial charge in [0.2, 0.25) is 0 Å². The second-order valence-corrected chi connectivity index (χ2v) is 15.4. The predicted molar refractivity (Wildman–Crippen MR) is 226 cm³/mol. The smallest absolute Gasteiger partial charge is 0.168 e. The fourth-order valence-electron chi connectivity index (χ4n) is 8.01. The highest BCUT2D eigenvalue weighted by molar-refractivity contribution is 7.99. The minimum absolute atomic E-state index is 0.211. The number of quaternary nitrogens is 1. The molecule has 54 heavy (non-hydrogen) atoms. The van der Waals surface area contributed by atoms with Crippen molar-refractivity contribution < 1.29 is 5.32 Å². The van der Waals surface area contributed by atoms with Crippen molar-refractivity contribution in [3.63, 3.8) is 0 Å². The summed E-state index contributed by atoms with van der Waals surface area (Å²) in [6.07, 6.45) is 18.7. The summed E-state index contributed by atoms with van der Waals surface area (Å²) in [6, 6.07) is 45.9. The van der Waals surface area contributed by atoms with Crippen molar-refractivity contribution in [2.45, 2.75) is 35.4 Å². The minimum Gasteiger partial charge on any atom is -0.355 e. The number of fused-ring (bicyclic) bond motifs is 5. The van der Waals surface area contributed by atoms with Crippen LogP contribution >= 0.6 is 11.8 Å². The Labute approximate surface area is 320 Å². The van der Waals surface area contributed by atoms with E-state index >= 15 is 0 Å². The van der Waals surface area contributed by atoms with E-state index in [0.29, 0.717) is 5.92 Å². The quantitative estimate of drug-likeness (QED) is 0.127. The van der Waals surface area contributed by atoms with Crippen LogP contribution in [0.1, 0.15) is 47.4 Å². The lowest BCUT2D eigenvalue weighted by Gasteiger charge is -2.21. The van der Waals surface area contributed by atoms with Crippen LogP contribution in [0.3, 0.4) is 0 Å². The van der Waals surface area contributed by atoms with Gasteiger partial charge in [0.1, 0.15) is 0 Å². The molecule has 0 amide bonds. The third-order valence-electron chi connectivity index (χ3n) is 10.8. The van der Waals surface area contributed by atoms with E-state index in [1.165, 1.54) is 48.9 Å². The SMILES string of the molecule is C1=CCC(c2ccc(C3[NH2+]c4c(ccc5ccc6cc(-c7nc(C8=CCCC=C8)cc(-c8ccccc8)n7)ccc6c45)S3)cc2Nc2ccccc2)C=C1. The number of benzene rings is 6. The fraction of sp³-hybridized carbons (Fsp3) is 0.102. The summed E-state index contributed by atoms with van der Waals surface area (Å²) >= 11 is 1.94. The lowest BCUT2D eigenvalue weighted by Crippen LogP contribution is -2.76. The molecule has 0 bridgehead atoms. The number of hydrogen-bond donors (Lipinski definition) is 2. The second-order valence-electron chi connectivity index (χ2n) is 14.2. The molecule has 10 rings (SSSR count). The van der Waals surface area contributed by atoms with E-state index in [1.807, 2.05) is 17.8 Å². The van der Waals surface area contributed by atoms with E-state index < -0.39 is 0 Å². The van der Waals surface area contributed by atoms with Gasteiger partial charge >= 0.3 is 0 Å². The maximum atomic E-state index is 5.14. The first-order valence-electron chi connectivity index (χ1n) is 18.9. The highest BCUT2D eigenvalue weighted by atomic mass is 32.2. The Morgan fingerprint density at radius 2 is 1.52 bits per heavy atom. The summed E-state index contributed by atoms with van der Waals surface area (Å²) in [4.78, 5) is 11.6. The van der Waals surface area contributed by atoms with Crippen LogP contribution in [-0.4, -0.2) is 9.97 Å². The van der Waals surface area contributed by atoms with Crippen LogP contribution in [0.25, 0.3) is 49.8 Å². The molecule has 4 nitrogen and oxygen atoms in total. The zero-order valence-electron chi connectivity index (χ0n) is 29.8. The van der Waals surface area contributed by atoms with Gasteiger partial charge < -0.3 is 5.32 Å². The Bertz CT molecular complexity index is 2680. The third kappa shape index (κ3) is 6.26. The number of nitrogens with zero attached hydrogens (tertiary/aromatic N) is 2. The molecule has 0 fully saturated rings. The van der Waals surface area contributed by atoms with Crippen molar-refractivity contribution in [2.75, 3.05) is 5.32 Å². The molecule has 6 aromatic carbocycles. The average molecular weight is 716 g/mol. The Morgan fingerprint density at radius 1 is 0.685 bits per heavy atom. The molecule has 0 spiro atoms. The maximum Gasteiger partial charge on any atom is 0.168 e. The first kappa shape index (κ1) is 32.6. The van der Waals surface area contributed by atoms with E-state index in [-0.39, 0.29) is 5.37 Å². The number of nitrogens with one attached hydrogen (secondary N) is 1. The van der Waals surface area contributed by atoms with Crippen LogP contribution in [-0.2, 0) is 0 Å². The molecule has 1 aromatic heterocycles. The number of hydrogen-bond acceptors (Lipinski definition) is 4. The number of nitrogens with two attached hydrogens (primary N) is 1. The van der Waals surface area contributed by atoms with E-state index in [4.69, 9.17) is 9.97 Å². The molecule has 5 heteroatoms. The molecule has 0 saturated carbocycles. The molecule has 2 aliphatic carbocycles. The number of thioether (sulfide) groups is 1. The molecule has 2 atom stereocenters. The number of aromatic nitrogens is 2. The Hall–Kier alpha value is -6.01. The number of para-hydroxylation sites is 1. The summed E-state index contributed by atoms with van der Waals surface area (Å²) in [5, 5.41) is 11.5. The van der Waals surface area contributed by atoms with E-state index in [2.05, 4.69) is 174 Å². The zero-order valence-corrected chi connectivity index (χ0v) is 30.6. The second kappa shape index (κ2) is 14.1. The normalized spacial score (nSPS) is 17.5. The van der Waals surface area contributed by atoms with Crippen LogP contribution in [0.15, 0.2) is 175 Å². The zero-order chi connectivity index (χ0) is 35.8. The van der Waals surface area contributed by atoms with Gasteiger partial charge in [0.15, 0.2) is 16.9 Å². The summed E-state index contributed by atoms with van der Waals surface area (Å²) in [5.74, 6) is 1.10. The molecule has 2 heterocycles. The number of rotatable bonds is 7. The van der Waals surface area contributed by atoms with Gasteiger partial charge in [-0.15, -0.1) is 0 Å². The molecular formula is C49H39N4S+. The maximum absolute atomic E-state index is 5.14. The van der Waals surface area contributed by atoms with Crippen LogP contribution in [0, 0.1) is 0 Å². The molecule has 260 valence electrons. The third-order valence-corrected chi connectivity index (χ3v) is 12.0. The topological polar surface area (TPSA) is 54.4 Å². The lowest BCUT2D eigenvalue weighted by atomic mass is 9.90. The van der Waals surface area contributed by atoms with E-state index in [0.717, 1.165) is 58.9 Å². The highest BCUT2D eigenvalue weighted by Crippen LogP contribution is 2.46. The van der Waals surface area contributed by atoms with Gasteiger partial charge in [-0.3, -0.25) is 5.32 Å². The first-order valence-corrected chi connectivity index (χ1v) is 19.7. The van der Waals surface area contributed by atoms with Crippen LogP contribution in [0.2, 0.25) is 0 Å². The standard InChI is InChI=1S/C49H38N4S/c1-5-13-32(14-6-1)40-26-24-38(30-44(40)50-39-19-11-4-12-20-39)49-53-47-45(54-49)28-25-35-21-22-36-29-37(23-27-41(36)46(35)47)48-51-42(33-15-7-2-8-16-33)31-43(52-48)34-17-9-3-10-18-34/h1-2,4-9,11-13,15-32,49-50,53H,3,10,14H2/p+1. The van der Waals surface area contributed by atoms with E-state index in [1.54, 1.807) is 0 Å². The summed E-state index contributed by atoms with van der Waals surface area (Å²) in [6.45, 7) is 0. The molecule has 0 radical (unpaired) electrons. The van der Waals surface area contributed by atoms with Crippen LogP contribution in [0.5, 0.6) is 0 Å². The van der Waals surface area contributed by atoms with Gasteiger partial charge in [0.25, 0.3) is 0 Å².